The molecule has 7 nitrogen and oxygen atoms in total. The van der Waals surface area contributed by atoms with E-state index in [4.69, 9.17) is 19.4 Å². The second-order valence-corrected chi connectivity index (χ2v) is 8.33. The normalized spacial score (nSPS) is 22.1. The van der Waals surface area contributed by atoms with Crippen LogP contribution in [0.5, 0.6) is 5.75 Å². The molecule has 0 radical (unpaired) electrons. The molecule has 0 bridgehead atoms. The van der Waals surface area contributed by atoms with Gasteiger partial charge in [0.2, 0.25) is 5.91 Å². The Morgan fingerprint density at radius 1 is 1.12 bits per heavy atom. The van der Waals surface area contributed by atoms with Crippen molar-refractivity contribution in [3.63, 3.8) is 0 Å². The number of carboxylic acid groups (broad SMARTS) is 1. The molecule has 2 aromatic carbocycles. The van der Waals surface area contributed by atoms with E-state index in [2.05, 4.69) is 46.2 Å². The molecule has 172 valence electrons. The number of carbonyl (C=O) groups is 2. The monoisotopic (exact) mass is 440 g/mol. The Morgan fingerprint density at radius 2 is 1.84 bits per heavy atom. The van der Waals surface area contributed by atoms with E-state index in [0.717, 1.165) is 37.5 Å². The second kappa shape index (κ2) is 11.1. The first kappa shape index (κ1) is 23.8. The predicted octanol–water partition coefficient (Wildman–Crippen LogP) is 3.19. The van der Waals surface area contributed by atoms with Gasteiger partial charge in [-0.1, -0.05) is 36.4 Å². The van der Waals surface area contributed by atoms with E-state index < -0.39 is 0 Å². The summed E-state index contributed by atoms with van der Waals surface area (Å²) < 4.78 is 10.8. The fourth-order valence-electron chi connectivity index (χ4n) is 5.12. The van der Waals surface area contributed by atoms with Crippen LogP contribution in [0.3, 0.4) is 0 Å². The van der Waals surface area contributed by atoms with Crippen LogP contribution in [0.4, 0.5) is 0 Å². The average molecular weight is 441 g/mol. The van der Waals surface area contributed by atoms with Crippen LogP contribution in [0.15, 0.2) is 48.5 Å². The number of methoxy groups -OCH3 is 2. The standard InChI is InChI=1S/C24H30N2O3.CH2O2/c1-17(27)26-14-21-13-25(15-22(21)24(26)19-7-5-4-6-8-19)12-18-9-10-23(29-3)20(11-18)16-28-2;2-1-3/h4-11,21-22,24H,12-16H2,1-3H3;1H,(H,2,3)/t21-,22-,24+;/m1./s1. The maximum atomic E-state index is 12.3. The zero-order chi connectivity index (χ0) is 23.1. The number of carbonyl (C=O) groups excluding carboxylic acids is 1. The molecule has 4 rings (SSSR count). The van der Waals surface area contributed by atoms with E-state index in [1.807, 2.05) is 12.1 Å². The highest BCUT2D eigenvalue weighted by Gasteiger charge is 2.48. The predicted molar refractivity (Wildman–Crippen MR) is 121 cm³/mol. The van der Waals surface area contributed by atoms with Crippen molar-refractivity contribution in [1.82, 2.24) is 9.80 Å². The van der Waals surface area contributed by atoms with Crippen molar-refractivity contribution in [3.05, 3.63) is 65.2 Å². The highest BCUT2D eigenvalue weighted by atomic mass is 16.5. The summed E-state index contributed by atoms with van der Waals surface area (Å²) in [5.74, 6) is 2.06. The van der Waals surface area contributed by atoms with Crippen LogP contribution in [-0.2, 0) is 27.5 Å². The molecule has 2 heterocycles. The molecule has 1 N–H and O–H groups in total. The smallest absolute Gasteiger partial charge is 0.290 e. The Bertz CT molecular complexity index is 904. The average Bonchev–Trinajstić information content (AvgIpc) is 3.33. The summed E-state index contributed by atoms with van der Waals surface area (Å²) >= 11 is 0. The molecule has 2 aromatic rings. The molecule has 7 heteroatoms. The molecule has 32 heavy (non-hydrogen) atoms. The third kappa shape index (κ3) is 5.29. The SMILES string of the molecule is COCc1cc(CN2C[C@@H]3CN(C(C)=O)[C@@H](c4ccccc4)[C@@H]3C2)ccc1OC.O=CO. The minimum absolute atomic E-state index is 0.180. The molecular formula is C25H32N2O5. The summed E-state index contributed by atoms with van der Waals surface area (Å²) in [7, 11) is 3.40. The Balaban J connectivity index is 0.000000913. The van der Waals surface area contributed by atoms with Gasteiger partial charge in [0.15, 0.2) is 0 Å². The van der Waals surface area contributed by atoms with Crippen LogP contribution in [0, 0.1) is 11.8 Å². The van der Waals surface area contributed by atoms with Gasteiger partial charge in [-0.05, 0) is 29.2 Å². The Labute approximate surface area is 189 Å². The topological polar surface area (TPSA) is 79.3 Å². The molecule has 2 fully saturated rings. The van der Waals surface area contributed by atoms with Crippen molar-refractivity contribution in [3.8, 4) is 5.75 Å². The van der Waals surface area contributed by atoms with Gasteiger partial charge in [-0.25, -0.2) is 0 Å². The molecule has 2 saturated heterocycles. The zero-order valence-electron chi connectivity index (χ0n) is 18.9. The Kier molecular flexibility index (Phi) is 8.25. The molecule has 2 aliphatic rings. The number of hydrogen-bond donors (Lipinski definition) is 1. The highest BCUT2D eigenvalue weighted by molar-refractivity contribution is 5.74. The molecule has 3 atom stereocenters. The molecule has 0 unspecified atom stereocenters. The van der Waals surface area contributed by atoms with Gasteiger partial charge in [-0.2, -0.15) is 0 Å². The largest absolute Gasteiger partial charge is 0.496 e. The van der Waals surface area contributed by atoms with E-state index in [0.29, 0.717) is 18.4 Å². The summed E-state index contributed by atoms with van der Waals surface area (Å²) in [6.07, 6.45) is 0. The Hall–Kier alpha value is -2.90. The summed E-state index contributed by atoms with van der Waals surface area (Å²) in [4.78, 5) is 25.2. The number of ether oxygens (including phenoxy) is 2. The van der Waals surface area contributed by atoms with Crippen LogP contribution >= 0.6 is 0 Å². The maximum Gasteiger partial charge on any atom is 0.290 e. The Morgan fingerprint density at radius 3 is 2.47 bits per heavy atom. The van der Waals surface area contributed by atoms with Crippen LogP contribution in [0.25, 0.3) is 0 Å². The van der Waals surface area contributed by atoms with E-state index >= 15 is 0 Å². The minimum Gasteiger partial charge on any atom is -0.496 e. The summed E-state index contributed by atoms with van der Waals surface area (Å²) in [5.41, 5.74) is 3.61. The lowest BCUT2D eigenvalue weighted by molar-refractivity contribution is -0.130. The second-order valence-electron chi connectivity index (χ2n) is 8.33. The summed E-state index contributed by atoms with van der Waals surface area (Å²) in [5, 5.41) is 6.89. The first-order valence-corrected chi connectivity index (χ1v) is 10.8. The molecule has 0 saturated carbocycles. The molecule has 0 aromatic heterocycles. The molecule has 0 spiro atoms. The molecule has 1 amide bonds. The van der Waals surface area contributed by atoms with Crippen LogP contribution < -0.4 is 4.74 Å². The van der Waals surface area contributed by atoms with Crippen molar-refractivity contribution in [2.45, 2.75) is 26.1 Å². The zero-order valence-corrected chi connectivity index (χ0v) is 18.9. The number of likely N-dealkylation sites (tertiary alicyclic amines) is 2. The van der Waals surface area contributed by atoms with Crippen molar-refractivity contribution in [2.75, 3.05) is 33.9 Å². The summed E-state index contributed by atoms with van der Waals surface area (Å²) in [6.45, 7) is 5.81. The lowest BCUT2D eigenvalue weighted by Gasteiger charge is -2.29. The number of amides is 1. The van der Waals surface area contributed by atoms with Gasteiger partial charge in [-0.15, -0.1) is 0 Å². The lowest BCUT2D eigenvalue weighted by Crippen LogP contribution is -2.34. The van der Waals surface area contributed by atoms with E-state index in [1.54, 1.807) is 21.1 Å². The van der Waals surface area contributed by atoms with Gasteiger partial charge in [0.1, 0.15) is 5.75 Å². The van der Waals surface area contributed by atoms with E-state index in [-0.39, 0.29) is 18.4 Å². The van der Waals surface area contributed by atoms with Crippen molar-refractivity contribution >= 4 is 12.4 Å². The first-order valence-electron chi connectivity index (χ1n) is 10.8. The minimum atomic E-state index is -0.250. The fourth-order valence-corrected chi connectivity index (χ4v) is 5.12. The highest BCUT2D eigenvalue weighted by Crippen LogP contribution is 2.45. The first-order chi connectivity index (χ1) is 15.5. The number of nitrogens with zero attached hydrogens (tertiary/aromatic N) is 2. The van der Waals surface area contributed by atoms with Crippen molar-refractivity contribution < 1.29 is 24.2 Å². The maximum absolute atomic E-state index is 12.3. The van der Waals surface area contributed by atoms with Crippen molar-refractivity contribution in [1.29, 1.82) is 0 Å². The third-order valence-corrected chi connectivity index (χ3v) is 6.34. The quantitative estimate of drug-likeness (QED) is 0.695. The van der Waals surface area contributed by atoms with Gasteiger partial charge < -0.3 is 19.5 Å². The summed E-state index contributed by atoms with van der Waals surface area (Å²) in [6, 6.07) is 17.0. The third-order valence-electron chi connectivity index (χ3n) is 6.34. The van der Waals surface area contributed by atoms with Gasteiger partial charge >= 0.3 is 0 Å². The van der Waals surface area contributed by atoms with E-state index in [9.17, 15) is 4.79 Å². The molecule has 2 aliphatic heterocycles. The van der Waals surface area contributed by atoms with Gasteiger partial charge in [0, 0.05) is 51.7 Å². The van der Waals surface area contributed by atoms with Crippen LogP contribution in [0.1, 0.15) is 29.7 Å². The lowest BCUT2D eigenvalue weighted by atomic mass is 9.89. The number of fused-ring (bicyclic) bond motifs is 1. The van der Waals surface area contributed by atoms with Gasteiger partial charge in [0.05, 0.1) is 19.8 Å². The fraction of sp³-hybridized carbons (Fsp3) is 0.440. The number of benzene rings is 2. The molecular weight excluding hydrogens is 408 g/mol. The van der Waals surface area contributed by atoms with Gasteiger partial charge in [-0.3, -0.25) is 14.5 Å². The molecule has 0 aliphatic carbocycles. The van der Waals surface area contributed by atoms with Crippen molar-refractivity contribution in [2.24, 2.45) is 11.8 Å². The number of rotatable bonds is 6. The van der Waals surface area contributed by atoms with E-state index in [1.165, 1.54) is 11.1 Å². The number of hydrogen-bond acceptors (Lipinski definition) is 5. The van der Waals surface area contributed by atoms with Crippen LogP contribution in [-0.4, -0.2) is 61.1 Å². The van der Waals surface area contributed by atoms with Gasteiger partial charge in [0.25, 0.3) is 6.47 Å². The van der Waals surface area contributed by atoms with Crippen LogP contribution in [0.2, 0.25) is 0 Å².